The highest BCUT2D eigenvalue weighted by molar-refractivity contribution is 5.99. The molecular weight excluding hydrogens is 739 g/mol. The van der Waals surface area contributed by atoms with Gasteiger partial charge in [-0.2, -0.15) is 0 Å². The Bertz CT molecular complexity index is 1620. The molecule has 1 aromatic carbocycles. The van der Waals surface area contributed by atoms with Crippen LogP contribution in [-0.4, -0.2) is 120 Å². The lowest BCUT2D eigenvalue weighted by atomic mass is 9.65. The summed E-state index contributed by atoms with van der Waals surface area (Å²) < 4.78 is 50.3. The van der Waals surface area contributed by atoms with Gasteiger partial charge in [0.05, 0.1) is 30.8 Å². The Morgan fingerprint density at radius 2 is 1.53 bits per heavy atom. The van der Waals surface area contributed by atoms with Gasteiger partial charge in [-0.1, -0.05) is 56.3 Å². The second-order valence-electron chi connectivity index (χ2n) is 18.0. The fourth-order valence-electron chi connectivity index (χ4n) is 11.5. The molecular formula is C47H69NO10. The number of carbonyl (C=O) groups is 2. The molecule has 3 saturated heterocycles. The molecule has 7 rings (SSSR count). The van der Waals surface area contributed by atoms with E-state index in [9.17, 15) is 4.79 Å². The van der Waals surface area contributed by atoms with Gasteiger partial charge in [0.25, 0.3) is 0 Å². The lowest BCUT2D eigenvalue weighted by Gasteiger charge is -2.44. The first kappa shape index (κ1) is 43.6. The number of ketones is 1. The highest BCUT2D eigenvalue weighted by Gasteiger charge is 2.54. The quantitative estimate of drug-likeness (QED) is 0.228. The fraction of sp³-hybridized carbons (Fsp3) is 0.745. The van der Waals surface area contributed by atoms with Crippen molar-refractivity contribution in [1.82, 2.24) is 4.90 Å². The molecule has 17 atom stereocenters. The van der Waals surface area contributed by atoms with Crippen LogP contribution in [0.25, 0.3) is 5.57 Å². The van der Waals surface area contributed by atoms with Crippen LogP contribution in [0.2, 0.25) is 0 Å². The minimum Gasteiger partial charge on any atom is -0.462 e. The van der Waals surface area contributed by atoms with E-state index < -0.39 is 18.3 Å². The number of benzene rings is 1. The summed E-state index contributed by atoms with van der Waals surface area (Å²) in [6.07, 6.45) is 8.20. The van der Waals surface area contributed by atoms with E-state index >= 15 is 4.79 Å². The zero-order valence-electron chi connectivity index (χ0n) is 36.3. The Morgan fingerprint density at radius 1 is 0.793 bits per heavy atom. The van der Waals surface area contributed by atoms with Crippen molar-refractivity contribution in [3.8, 4) is 0 Å². The van der Waals surface area contributed by atoms with Gasteiger partial charge in [-0.3, -0.25) is 9.59 Å². The maximum atomic E-state index is 15.1. The van der Waals surface area contributed by atoms with E-state index in [2.05, 4.69) is 69.3 Å². The van der Waals surface area contributed by atoms with E-state index in [1.807, 2.05) is 19.9 Å². The van der Waals surface area contributed by atoms with Gasteiger partial charge in [-0.15, -0.1) is 0 Å². The molecule has 0 spiro atoms. The van der Waals surface area contributed by atoms with E-state index in [-0.39, 0.29) is 96.8 Å². The predicted octanol–water partition coefficient (Wildman–Crippen LogP) is 7.01. The summed E-state index contributed by atoms with van der Waals surface area (Å²) in [6, 6.07) is 10.8. The molecule has 4 fully saturated rings. The average Bonchev–Trinajstić information content (AvgIpc) is 3.79. The third kappa shape index (κ3) is 8.94. The van der Waals surface area contributed by atoms with Crippen LogP contribution in [0.4, 0.5) is 0 Å². The fourth-order valence-corrected chi connectivity index (χ4v) is 11.5. The number of rotatable bonds is 10. The average molecular weight is 808 g/mol. The highest BCUT2D eigenvalue weighted by Crippen LogP contribution is 2.58. The maximum absolute atomic E-state index is 15.1. The molecule has 0 amide bonds. The molecule has 11 nitrogen and oxygen atoms in total. The lowest BCUT2D eigenvalue weighted by molar-refractivity contribution is -0.314. The molecule has 6 aliphatic rings. The minimum atomic E-state index is -0.627. The molecule has 3 heterocycles. The van der Waals surface area contributed by atoms with Crippen molar-refractivity contribution in [2.45, 2.75) is 153 Å². The lowest BCUT2D eigenvalue weighted by Crippen LogP contribution is -2.59. The number of methoxy groups -OCH3 is 3. The number of carbonyl (C=O) groups excluding carboxylic acids is 2. The minimum absolute atomic E-state index is 0.0208. The predicted molar refractivity (Wildman–Crippen MR) is 220 cm³/mol. The van der Waals surface area contributed by atoms with Crippen LogP contribution in [0, 0.1) is 35.5 Å². The van der Waals surface area contributed by atoms with Crippen LogP contribution >= 0.6 is 0 Å². The van der Waals surface area contributed by atoms with E-state index in [1.165, 1.54) is 5.57 Å². The molecule has 11 heteroatoms. The Balaban J connectivity index is 1.20. The molecule has 58 heavy (non-hydrogen) atoms. The van der Waals surface area contributed by atoms with Crippen LogP contribution in [-0.2, 0) is 47.5 Å². The van der Waals surface area contributed by atoms with Crippen LogP contribution < -0.4 is 0 Å². The molecule has 3 aliphatic carbocycles. The summed E-state index contributed by atoms with van der Waals surface area (Å²) in [5, 5.41) is 0. The standard InChI is InChI=1S/C47H69NO10/c1-10-31-17-14-18-39(58-41-20-19-38(48(5)6)27(3)54-41)26(2)43(50)37-24-35-33-23-32(57-47-46(53-9)45(52-8)44(51-7)28(4)55-47)21-30(33)22-34(29-15-12-11-13-16-29)42(35)36(37)25-40(49)56-31/h11-13,15-16,22,24,26-28,30-33,35-36,38-39,41-42,44-47H,10,14,17-21,23,25H2,1-9H3/t26-,27?,28?,30?,31+,32-,33-,35+,36-,38+,39+,41+,42?,44+,45?,46+,47+/m1/s1. The van der Waals surface area contributed by atoms with E-state index in [1.54, 1.807) is 21.3 Å². The van der Waals surface area contributed by atoms with Crippen molar-refractivity contribution in [1.29, 1.82) is 0 Å². The van der Waals surface area contributed by atoms with Gasteiger partial charge in [0.15, 0.2) is 18.4 Å². The zero-order chi connectivity index (χ0) is 41.2. The van der Waals surface area contributed by atoms with E-state index in [0.29, 0.717) is 12.5 Å². The van der Waals surface area contributed by atoms with Crippen molar-refractivity contribution < 1.29 is 47.5 Å². The van der Waals surface area contributed by atoms with Crippen LogP contribution in [0.5, 0.6) is 0 Å². The molecule has 1 saturated carbocycles. The Kier molecular flexibility index (Phi) is 14.3. The molecule has 0 aromatic heterocycles. The monoisotopic (exact) mass is 807 g/mol. The van der Waals surface area contributed by atoms with E-state index in [4.69, 9.17) is 37.9 Å². The summed E-state index contributed by atoms with van der Waals surface area (Å²) in [4.78, 5) is 31.3. The van der Waals surface area contributed by atoms with Gasteiger partial charge in [0, 0.05) is 39.2 Å². The Morgan fingerprint density at radius 3 is 2.21 bits per heavy atom. The van der Waals surface area contributed by atoms with Crippen LogP contribution in [0.3, 0.4) is 0 Å². The number of esters is 1. The first-order valence-electron chi connectivity index (χ1n) is 22.0. The molecule has 0 bridgehead atoms. The summed E-state index contributed by atoms with van der Waals surface area (Å²) in [5.41, 5.74) is 3.07. The van der Waals surface area contributed by atoms with Gasteiger partial charge in [0.2, 0.25) is 0 Å². The second-order valence-corrected chi connectivity index (χ2v) is 18.0. The third-order valence-electron chi connectivity index (χ3n) is 14.5. The highest BCUT2D eigenvalue weighted by atomic mass is 16.7. The number of ether oxygens (including phenoxy) is 8. The number of fused-ring (bicyclic) bond motifs is 5. The summed E-state index contributed by atoms with van der Waals surface area (Å²) in [6.45, 7) is 8.20. The number of allylic oxidation sites excluding steroid dienone is 4. The third-order valence-corrected chi connectivity index (χ3v) is 14.5. The molecule has 3 aliphatic heterocycles. The largest absolute Gasteiger partial charge is 0.462 e. The first-order chi connectivity index (χ1) is 28.0. The zero-order valence-corrected chi connectivity index (χ0v) is 36.3. The second kappa shape index (κ2) is 19.1. The molecule has 0 radical (unpaired) electrons. The van der Waals surface area contributed by atoms with Crippen molar-refractivity contribution in [2.24, 2.45) is 35.5 Å². The molecule has 322 valence electrons. The SMILES string of the molecule is CC[C@H]1CCC[C@H](O[C@H]2CC[C@H](N(C)C)C(C)O2)[C@@H](C)C(=O)C2=C[C@@H]3C(C(c4ccccc4)=CC4C[C@@H](O[C@@H]5OC(C)[C@H](OC)C(OC)[C@@H]5OC)C[C@H]43)[C@@H]2CC(=O)O1. The smallest absolute Gasteiger partial charge is 0.306 e. The van der Waals surface area contributed by atoms with Crippen LogP contribution in [0.15, 0.2) is 48.1 Å². The van der Waals surface area contributed by atoms with Crippen molar-refractivity contribution in [2.75, 3.05) is 35.4 Å². The number of hydrogen-bond acceptors (Lipinski definition) is 11. The number of hydrogen-bond donors (Lipinski definition) is 0. The number of nitrogens with zero attached hydrogens (tertiary/aromatic N) is 1. The van der Waals surface area contributed by atoms with Crippen molar-refractivity contribution >= 4 is 17.3 Å². The van der Waals surface area contributed by atoms with E-state index in [0.717, 1.165) is 56.1 Å². The number of Topliss-reactive ketones (excluding diaryl/α,β-unsaturated/α-hetero) is 1. The van der Waals surface area contributed by atoms with Crippen molar-refractivity contribution in [3.63, 3.8) is 0 Å². The van der Waals surface area contributed by atoms with Gasteiger partial charge in [0.1, 0.15) is 24.4 Å². The van der Waals surface area contributed by atoms with Gasteiger partial charge < -0.3 is 42.8 Å². The van der Waals surface area contributed by atoms with Gasteiger partial charge in [-0.25, -0.2) is 0 Å². The molecule has 5 unspecified atom stereocenters. The summed E-state index contributed by atoms with van der Waals surface area (Å²) in [7, 11) is 9.17. The Hall–Kier alpha value is -2.48. The Labute approximate surface area is 346 Å². The summed E-state index contributed by atoms with van der Waals surface area (Å²) in [5.74, 6) is -0.491. The van der Waals surface area contributed by atoms with Crippen LogP contribution in [0.1, 0.15) is 91.0 Å². The molecule has 0 N–H and O–H groups in total. The van der Waals surface area contributed by atoms with Crippen molar-refractivity contribution in [3.05, 3.63) is 53.6 Å². The number of likely N-dealkylation sites (N-methyl/N-ethyl adjacent to an activating group) is 1. The topological polar surface area (TPSA) is 111 Å². The van der Waals surface area contributed by atoms with Gasteiger partial charge >= 0.3 is 5.97 Å². The summed E-state index contributed by atoms with van der Waals surface area (Å²) >= 11 is 0. The first-order valence-corrected chi connectivity index (χ1v) is 22.0. The number of cyclic esters (lactones) is 1. The normalized spacial score (nSPS) is 42.3. The molecule has 1 aromatic rings. The maximum Gasteiger partial charge on any atom is 0.306 e. The van der Waals surface area contributed by atoms with Gasteiger partial charge in [-0.05, 0) is 120 Å².